The van der Waals surface area contributed by atoms with Crippen molar-refractivity contribution in [1.82, 2.24) is 9.78 Å². The minimum Gasteiger partial charge on any atom is -0.478 e. The number of nitrogens with zero attached hydrogens (tertiary/aromatic N) is 2. The van der Waals surface area contributed by atoms with Crippen LogP contribution in [0, 0.1) is 11.6 Å². The molecular formula is C9H6F2N2O2. The number of hydrogen-bond acceptors (Lipinski definition) is 2. The lowest BCUT2D eigenvalue weighted by Crippen LogP contribution is -2.04. The second kappa shape index (κ2) is 3.01. The number of halogens is 2. The van der Waals surface area contributed by atoms with Crippen molar-refractivity contribution >= 4 is 16.9 Å². The van der Waals surface area contributed by atoms with E-state index in [-0.39, 0.29) is 10.9 Å². The molecule has 1 heterocycles. The highest BCUT2D eigenvalue weighted by atomic mass is 19.2. The molecule has 0 saturated heterocycles. The van der Waals surface area contributed by atoms with Gasteiger partial charge in [-0.05, 0) is 6.07 Å². The highest BCUT2D eigenvalue weighted by molar-refractivity contribution is 5.93. The predicted octanol–water partition coefficient (Wildman–Crippen LogP) is 1.55. The number of benzene rings is 1. The highest BCUT2D eigenvalue weighted by Crippen LogP contribution is 2.23. The Kier molecular flexibility index (Phi) is 1.92. The number of carbonyl (C=O) groups is 1. The first-order chi connectivity index (χ1) is 7.02. The molecule has 0 spiro atoms. The molecule has 0 unspecified atom stereocenters. The van der Waals surface area contributed by atoms with Gasteiger partial charge in [0, 0.05) is 12.4 Å². The summed E-state index contributed by atoms with van der Waals surface area (Å²) >= 11 is 0. The van der Waals surface area contributed by atoms with Crippen molar-refractivity contribution in [3.05, 3.63) is 29.5 Å². The van der Waals surface area contributed by atoms with Crippen molar-refractivity contribution in [2.75, 3.05) is 0 Å². The number of carboxylic acids is 1. The molecule has 0 fully saturated rings. The van der Waals surface area contributed by atoms with Crippen molar-refractivity contribution in [1.29, 1.82) is 0 Å². The average molecular weight is 212 g/mol. The minimum atomic E-state index is -1.50. The Labute approximate surface area is 82.7 Å². The Bertz CT molecular complexity index is 563. The van der Waals surface area contributed by atoms with Gasteiger partial charge in [0.25, 0.3) is 0 Å². The van der Waals surface area contributed by atoms with Gasteiger partial charge < -0.3 is 5.11 Å². The predicted molar refractivity (Wildman–Crippen MR) is 47.6 cm³/mol. The molecule has 78 valence electrons. The summed E-state index contributed by atoms with van der Waals surface area (Å²) in [5, 5.41) is 12.6. The van der Waals surface area contributed by atoms with Gasteiger partial charge in [-0.15, -0.1) is 0 Å². The van der Waals surface area contributed by atoms with Crippen molar-refractivity contribution < 1.29 is 18.7 Å². The van der Waals surface area contributed by atoms with E-state index in [1.807, 2.05) is 0 Å². The molecular weight excluding hydrogens is 206 g/mol. The SMILES string of the molecule is Cn1ncc2cc(C(=O)O)c(F)c(F)c21. The second-order valence-electron chi connectivity index (χ2n) is 3.06. The van der Waals surface area contributed by atoms with Crippen LogP contribution in [0.1, 0.15) is 10.4 Å². The summed E-state index contributed by atoms with van der Waals surface area (Å²) in [6.45, 7) is 0. The van der Waals surface area contributed by atoms with Gasteiger partial charge >= 0.3 is 5.97 Å². The standard InChI is InChI=1S/C9H6F2N2O2/c1-13-8-4(3-12-13)2-5(9(14)15)6(10)7(8)11/h2-3H,1H3,(H,14,15). The molecule has 0 aliphatic carbocycles. The Hall–Kier alpha value is -1.98. The summed E-state index contributed by atoms with van der Waals surface area (Å²) in [6, 6.07) is 1.06. The molecule has 0 aliphatic rings. The molecule has 6 heteroatoms. The summed E-state index contributed by atoms with van der Waals surface area (Å²) in [4.78, 5) is 10.6. The molecule has 0 amide bonds. The van der Waals surface area contributed by atoms with Gasteiger partial charge in [0.2, 0.25) is 0 Å². The lowest BCUT2D eigenvalue weighted by Gasteiger charge is -2.01. The topological polar surface area (TPSA) is 55.1 Å². The van der Waals surface area contributed by atoms with Crippen molar-refractivity contribution in [3.8, 4) is 0 Å². The fraction of sp³-hybridized carbons (Fsp3) is 0.111. The molecule has 0 bridgehead atoms. The van der Waals surface area contributed by atoms with Crippen LogP contribution in [0.25, 0.3) is 10.9 Å². The van der Waals surface area contributed by atoms with Gasteiger partial charge in [0.1, 0.15) is 5.52 Å². The Morgan fingerprint density at radius 1 is 1.47 bits per heavy atom. The minimum absolute atomic E-state index is 0.0440. The van der Waals surface area contributed by atoms with Crippen LogP contribution in [0.5, 0.6) is 0 Å². The van der Waals surface area contributed by atoms with E-state index in [0.29, 0.717) is 0 Å². The number of aromatic nitrogens is 2. The van der Waals surface area contributed by atoms with Crippen LogP contribution in [0.4, 0.5) is 8.78 Å². The van der Waals surface area contributed by atoms with Crippen LogP contribution in [0.15, 0.2) is 12.3 Å². The van der Waals surface area contributed by atoms with Gasteiger partial charge in [0.15, 0.2) is 11.6 Å². The molecule has 15 heavy (non-hydrogen) atoms. The first kappa shape index (κ1) is 9.57. The monoisotopic (exact) mass is 212 g/mol. The molecule has 1 aromatic carbocycles. The number of hydrogen-bond donors (Lipinski definition) is 1. The van der Waals surface area contributed by atoms with Crippen LogP contribution in [-0.4, -0.2) is 20.9 Å². The van der Waals surface area contributed by atoms with E-state index in [2.05, 4.69) is 5.10 Å². The third kappa shape index (κ3) is 1.25. The molecule has 0 atom stereocenters. The lowest BCUT2D eigenvalue weighted by atomic mass is 10.1. The third-order valence-corrected chi connectivity index (χ3v) is 2.13. The van der Waals surface area contributed by atoms with Crippen molar-refractivity contribution in [3.63, 3.8) is 0 Å². The fourth-order valence-electron chi connectivity index (χ4n) is 1.43. The van der Waals surface area contributed by atoms with Crippen molar-refractivity contribution in [2.24, 2.45) is 7.05 Å². The van der Waals surface area contributed by atoms with Gasteiger partial charge in [-0.25, -0.2) is 13.6 Å². The summed E-state index contributed by atoms with van der Waals surface area (Å²) in [6.07, 6.45) is 1.28. The first-order valence-electron chi connectivity index (χ1n) is 4.05. The van der Waals surface area contributed by atoms with E-state index in [0.717, 1.165) is 10.7 Å². The van der Waals surface area contributed by atoms with Gasteiger partial charge in [-0.1, -0.05) is 0 Å². The van der Waals surface area contributed by atoms with Crippen molar-refractivity contribution in [2.45, 2.75) is 0 Å². The van der Waals surface area contributed by atoms with Gasteiger partial charge in [0.05, 0.1) is 11.8 Å². The van der Waals surface area contributed by atoms with Crippen LogP contribution in [0.2, 0.25) is 0 Å². The quantitative estimate of drug-likeness (QED) is 0.780. The molecule has 0 saturated carbocycles. The smallest absolute Gasteiger partial charge is 0.338 e. The molecule has 0 radical (unpaired) electrons. The zero-order valence-corrected chi connectivity index (χ0v) is 7.66. The summed E-state index contributed by atoms with van der Waals surface area (Å²) < 4.78 is 27.8. The van der Waals surface area contributed by atoms with Crippen LogP contribution in [-0.2, 0) is 7.05 Å². The van der Waals surface area contributed by atoms with E-state index >= 15 is 0 Å². The number of rotatable bonds is 1. The van der Waals surface area contributed by atoms with E-state index in [9.17, 15) is 13.6 Å². The normalized spacial score (nSPS) is 10.9. The molecule has 2 aromatic rings. The molecule has 1 N–H and O–H groups in total. The first-order valence-corrected chi connectivity index (χ1v) is 4.05. The van der Waals surface area contributed by atoms with E-state index in [4.69, 9.17) is 5.11 Å². The highest BCUT2D eigenvalue weighted by Gasteiger charge is 2.20. The second-order valence-corrected chi connectivity index (χ2v) is 3.06. The Morgan fingerprint density at radius 3 is 2.73 bits per heavy atom. The number of fused-ring (bicyclic) bond motifs is 1. The summed E-state index contributed by atoms with van der Waals surface area (Å²) in [5.41, 5.74) is -0.731. The Balaban J connectivity index is 2.90. The Morgan fingerprint density at radius 2 is 2.13 bits per heavy atom. The zero-order chi connectivity index (χ0) is 11.2. The van der Waals surface area contributed by atoms with Crippen LogP contribution < -0.4 is 0 Å². The molecule has 0 aliphatic heterocycles. The number of carboxylic acid groups (broad SMARTS) is 1. The lowest BCUT2D eigenvalue weighted by molar-refractivity contribution is 0.0691. The summed E-state index contributed by atoms with van der Waals surface area (Å²) in [7, 11) is 1.45. The van der Waals surface area contributed by atoms with E-state index in [1.165, 1.54) is 13.2 Å². The molecule has 4 nitrogen and oxygen atoms in total. The summed E-state index contributed by atoms with van der Waals surface area (Å²) in [5.74, 6) is -4.05. The number of aryl methyl sites for hydroxylation is 1. The third-order valence-electron chi connectivity index (χ3n) is 2.13. The number of aromatic carboxylic acids is 1. The largest absolute Gasteiger partial charge is 0.478 e. The fourth-order valence-corrected chi connectivity index (χ4v) is 1.43. The van der Waals surface area contributed by atoms with E-state index < -0.39 is 23.2 Å². The molecule has 2 rings (SSSR count). The molecule has 1 aromatic heterocycles. The maximum atomic E-state index is 13.4. The van der Waals surface area contributed by atoms with Crippen LogP contribution in [0.3, 0.4) is 0 Å². The maximum absolute atomic E-state index is 13.4. The van der Waals surface area contributed by atoms with E-state index in [1.54, 1.807) is 0 Å². The zero-order valence-electron chi connectivity index (χ0n) is 7.66. The maximum Gasteiger partial charge on any atom is 0.338 e. The van der Waals surface area contributed by atoms with Gasteiger partial charge in [-0.2, -0.15) is 5.10 Å². The average Bonchev–Trinajstić information content (AvgIpc) is 2.53. The van der Waals surface area contributed by atoms with Crippen LogP contribution >= 0.6 is 0 Å². The van der Waals surface area contributed by atoms with Gasteiger partial charge in [-0.3, -0.25) is 4.68 Å².